The van der Waals surface area contributed by atoms with Crippen LogP contribution in [0.4, 0.5) is 13.2 Å². The van der Waals surface area contributed by atoms with E-state index in [0.29, 0.717) is 12.2 Å². The first-order valence-corrected chi connectivity index (χ1v) is 10.9. The molecule has 2 aliphatic heterocycles. The van der Waals surface area contributed by atoms with E-state index in [9.17, 15) is 23.4 Å². The summed E-state index contributed by atoms with van der Waals surface area (Å²) >= 11 is 0. The summed E-state index contributed by atoms with van der Waals surface area (Å²) in [6.45, 7) is -0.848. The Kier molecular flexibility index (Phi) is 3.30. The van der Waals surface area contributed by atoms with Gasteiger partial charge in [-0.15, -0.1) is 0 Å². The highest BCUT2D eigenvalue weighted by Gasteiger charge is 2.73. The minimum Gasteiger partial charge on any atom is -0.504 e. The number of piperidine rings is 1. The van der Waals surface area contributed by atoms with Crippen molar-refractivity contribution in [2.75, 3.05) is 13.1 Å². The van der Waals surface area contributed by atoms with Gasteiger partial charge in [-0.25, -0.2) is 0 Å². The zero-order valence-electron chi connectivity index (χ0n) is 17.0. The molecule has 2 aromatic carbocycles. The molecule has 3 heterocycles. The highest BCUT2D eigenvalue weighted by Crippen LogP contribution is 2.69. The van der Waals surface area contributed by atoms with E-state index >= 15 is 0 Å². The number of phenols is 1. The number of halogens is 3. The molecule has 7 rings (SSSR count). The van der Waals surface area contributed by atoms with E-state index in [1.54, 1.807) is 12.1 Å². The zero-order chi connectivity index (χ0) is 22.0. The Morgan fingerprint density at radius 1 is 1.19 bits per heavy atom. The Hall–Kier alpha value is -2.71. The SMILES string of the molecule is Oc1ccc2c3c1O[C@H]1c4[nH]c5ccccc5c4CC4(O)[C@@H](C2)N(CC(F)(F)F)CC[C@]314. The second-order valence-corrected chi connectivity index (χ2v) is 9.64. The molecule has 166 valence electrons. The number of H-pyrrole nitrogens is 1. The number of benzene rings is 2. The Morgan fingerprint density at radius 2 is 2.00 bits per heavy atom. The molecule has 0 radical (unpaired) electrons. The average Bonchev–Trinajstić information content (AvgIpc) is 3.26. The second kappa shape index (κ2) is 5.61. The number of aromatic hydroxyl groups is 1. The number of nitrogens with zero attached hydrogens (tertiary/aromatic N) is 1. The minimum absolute atomic E-state index is 0.00343. The molecule has 5 nitrogen and oxygen atoms in total. The number of aromatic amines is 1. The van der Waals surface area contributed by atoms with Gasteiger partial charge in [0.15, 0.2) is 17.6 Å². The van der Waals surface area contributed by atoms with Crippen LogP contribution in [0.25, 0.3) is 10.9 Å². The molecule has 2 bridgehead atoms. The highest BCUT2D eigenvalue weighted by molar-refractivity contribution is 5.86. The van der Waals surface area contributed by atoms with E-state index in [-0.39, 0.29) is 25.1 Å². The summed E-state index contributed by atoms with van der Waals surface area (Å²) in [7, 11) is 0. The van der Waals surface area contributed by atoms with Gasteiger partial charge in [0.1, 0.15) is 0 Å². The Morgan fingerprint density at radius 3 is 2.81 bits per heavy atom. The summed E-state index contributed by atoms with van der Waals surface area (Å²) in [5.74, 6) is 0.365. The number of hydrogen-bond donors (Lipinski definition) is 3. The number of hydrogen-bond acceptors (Lipinski definition) is 4. The van der Waals surface area contributed by atoms with Crippen molar-refractivity contribution in [2.24, 2.45) is 0 Å². The fourth-order valence-corrected chi connectivity index (χ4v) is 7.14. The van der Waals surface area contributed by atoms with Gasteiger partial charge < -0.3 is 19.9 Å². The van der Waals surface area contributed by atoms with Gasteiger partial charge in [-0.2, -0.15) is 13.2 Å². The van der Waals surface area contributed by atoms with Gasteiger partial charge >= 0.3 is 6.18 Å². The van der Waals surface area contributed by atoms with E-state index < -0.39 is 35.9 Å². The number of nitrogens with one attached hydrogen (secondary N) is 1. The highest BCUT2D eigenvalue weighted by atomic mass is 19.4. The number of para-hydroxylation sites is 1. The number of fused-ring (bicyclic) bond motifs is 4. The van der Waals surface area contributed by atoms with Crippen LogP contribution in [0, 0.1) is 0 Å². The zero-order valence-corrected chi connectivity index (χ0v) is 17.0. The molecule has 0 saturated carbocycles. The van der Waals surface area contributed by atoms with Crippen molar-refractivity contribution in [3.05, 3.63) is 58.8 Å². The van der Waals surface area contributed by atoms with Crippen molar-refractivity contribution in [1.29, 1.82) is 0 Å². The van der Waals surface area contributed by atoms with E-state index in [1.165, 1.54) is 4.90 Å². The molecule has 4 aliphatic rings. The summed E-state index contributed by atoms with van der Waals surface area (Å²) in [6.07, 6.45) is -4.11. The molecular formula is C24H21F3N2O3. The van der Waals surface area contributed by atoms with Crippen LogP contribution in [0.15, 0.2) is 36.4 Å². The Labute approximate surface area is 181 Å². The number of alkyl halides is 3. The molecule has 1 fully saturated rings. The van der Waals surface area contributed by atoms with Crippen LogP contribution in [0.1, 0.15) is 34.9 Å². The van der Waals surface area contributed by atoms with Crippen LogP contribution in [0.3, 0.4) is 0 Å². The van der Waals surface area contributed by atoms with Crippen molar-refractivity contribution in [1.82, 2.24) is 9.88 Å². The van der Waals surface area contributed by atoms with Gasteiger partial charge in [-0.3, -0.25) is 4.90 Å². The van der Waals surface area contributed by atoms with Crippen LogP contribution in [-0.4, -0.2) is 51.0 Å². The number of rotatable bonds is 1. The summed E-state index contributed by atoms with van der Waals surface area (Å²) in [5.41, 5.74) is 1.90. The van der Waals surface area contributed by atoms with E-state index in [1.807, 2.05) is 24.3 Å². The molecule has 2 aliphatic carbocycles. The van der Waals surface area contributed by atoms with Crippen LogP contribution in [0.2, 0.25) is 0 Å². The van der Waals surface area contributed by atoms with Crippen molar-refractivity contribution in [3.63, 3.8) is 0 Å². The monoisotopic (exact) mass is 442 g/mol. The third kappa shape index (κ3) is 2.03. The molecule has 1 saturated heterocycles. The number of ether oxygens (including phenoxy) is 1. The molecule has 1 aromatic heterocycles. The van der Waals surface area contributed by atoms with Crippen LogP contribution in [-0.2, 0) is 18.3 Å². The van der Waals surface area contributed by atoms with Gasteiger partial charge in [0.05, 0.1) is 23.3 Å². The molecule has 1 spiro atoms. The number of aliphatic hydroxyl groups is 1. The molecular weight excluding hydrogens is 421 g/mol. The first-order valence-electron chi connectivity index (χ1n) is 10.9. The summed E-state index contributed by atoms with van der Waals surface area (Å²) in [6, 6.07) is 10.4. The molecule has 1 unspecified atom stereocenters. The molecule has 0 amide bonds. The smallest absolute Gasteiger partial charge is 0.401 e. The molecule has 3 N–H and O–H groups in total. The lowest BCUT2D eigenvalue weighted by Crippen LogP contribution is -2.75. The maximum Gasteiger partial charge on any atom is 0.401 e. The molecule has 8 heteroatoms. The predicted molar refractivity (Wildman–Crippen MR) is 110 cm³/mol. The van der Waals surface area contributed by atoms with Crippen LogP contribution >= 0.6 is 0 Å². The van der Waals surface area contributed by atoms with Gasteiger partial charge in [-0.05, 0) is 36.1 Å². The molecule has 4 atom stereocenters. The maximum absolute atomic E-state index is 13.5. The normalized spacial score (nSPS) is 32.5. The lowest BCUT2D eigenvalue weighted by molar-refractivity contribution is -0.206. The van der Waals surface area contributed by atoms with E-state index in [4.69, 9.17) is 4.74 Å². The van der Waals surface area contributed by atoms with Crippen molar-refractivity contribution in [3.8, 4) is 11.5 Å². The van der Waals surface area contributed by atoms with E-state index in [2.05, 4.69) is 4.98 Å². The van der Waals surface area contributed by atoms with Gasteiger partial charge in [0, 0.05) is 35.5 Å². The predicted octanol–water partition coefficient (Wildman–Crippen LogP) is 3.72. The summed E-state index contributed by atoms with van der Waals surface area (Å²) < 4.78 is 46.8. The number of aromatic nitrogens is 1. The summed E-state index contributed by atoms with van der Waals surface area (Å²) in [5, 5.41) is 24.0. The topological polar surface area (TPSA) is 68.7 Å². The number of likely N-dealkylation sites (tertiary alicyclic amines) is 1. The summed E-state index contributed by atoms with van der Waals surface area (Å²) in [4.78, 5) is 4.86. The fourth-order valence-electron chi connectivity index (χ4n) is 7.14. The first-order chi connectivity index (χ1) is 15.2. The average molecular weight is 442 g/mol. The molecule has 32 heavy (non-hydrogen) atoms. The third-order valence-corrected chi connectivity index (χ3v) is 8.26. The lowest BCUT2D eigenvalue weighted by Gasteiger charge is -2.62. The van der Waals surface area contributed by atoms with Crippen molar-refractivity contribution >= 4 is 10.9 Å². The fraction of sp³-hybridized carbons (Fsp3) is 0.417. The quantitative estimate of drug-likeness (QED) is 0.537. The Bertz CT molecular complexity index is 1300. The first kappa shape index (κ1) is 18.8. The van der Waals surface area contributed by atoms with Crippen LogP contribution in [0.5, 0.6) is 11.5 Å². The Balaban J connectivity index is 1.52. The maximum atomic E-state index is 13.5. The standard InChI is InChI=1S/C24H21F3N2O3/c25-24(26,27)11-29-8-7-22-18-12-5-6-16(30)20(18)32-21(22)19-14(10-23(22,31)17(29)9-12)13-3-1-2-4-15(13)28-19/h1-6,17,21,28,30-31H,7-11H2/t17-,21+,22+,23?/m1/s1. The second-order valence-electron chi connectivity index (χ2n) is 9.64. The molecule has 3 aromatic rings. The van der Waals surface area contributed by atoms with E-state index in [0.717, 1.165) is 33.3 Å². The van der Waals surface area contributed by atoms with Gasteiger partial charge in [0.25, 0.3) is 0 Å². The van der Waals surface area contributed by atoms with Crippen LogP contribution < -0.4 is 4.74 Å². The lowest BCUT2D eigenvalue weighted by atomic mass is 9.49. The van der Waals surface area contributed by atoms with Gasteiger partial charge in [-0.1, -0.05) is 24.3 Å². The van der Waals surface area contributed by atoms with Gasteiger partial charge in [0.2, 0.25) is 0 Å². The third-order valence-electron chi connectivity index (χ3n) is 8.26. The van der Waals surface area contributed by atoms with Crippen molar-refractivity contribution in [2.45, 2.75) is 48.6 Å². The van der Waals surface area contributed by atoms with Crippen molar-refractivity contribution < 1.29 is 28.1 Å². The number of phenolic OH excluding ortho intramolecular Hbond substituents is 1. The minimum atomic E-state index is -4.35. The largest absolute Gasteiger partial charge is 0.504 e.